The summed E-state index contributed by atoms with van der Waals surface area (Å²) < 4.78 is 26.8. The zero-order valence-corrected chi connectivity index (χ0v) is 11.6. The van der Waals surface area contributed by atoms with Crippen LogP contribution < -0.4 is 11.1 Å². The number of primary amides is 1. The van der Waals surface area contributed by atoms with Gasteiger partial charge in [0.2, 0.25) is 0 Å². The Labute approximate surface area is 123 Å². The largest absolute Gasteiger partial charge is 0.364 e. The highest BCUT2D eigenvalue weighted by molar-refractivity contribution is 6.01. The molecule has 2 amide bonds. The van der Waals surface area contributed by atoms with Crippen molar-refractivity contribution in [2.45, 2.75) is 31.7 Å². The van der Waals surface area contributed by atoms with Crippen LogP contribution in [0.2, 0.25) is 0 Å². The first-order chi connectivity index (χ1) is 10.3. The first kappa shape index (κ1) is 14.4. The fourth-order valence-electron chi connectivity index (χ4n) is 2.54. The van der Waals surface area contributed by atoms with Gasteiger partial charge in [-0.05, 0) is 13.0 Å². The number of nitrogens with zero attached hydrogens (tertiary/aromatic N) is 3. The van der Waals surface area contributed by atoms with E-state index in [1.807, 2.05) is 0 Å². The van der Waals surface area contributed by atoms with Crippen LogP contribution in [0.15, 0.2) is 12.3 Å². The summed E-state index contributed by atoms with van der Waals surface area (Å²) in [4.78, 5) is 27.8. The molecule has 1 aliphatic carbocycles. The molecule has 0 radical (unpaired) electrons. The first-order valence-corrected chi connectivity index (χ1v) is 6.61. The second-order valence-electron chi connectivity index (χ2n) is 5.32. The summed E-state index contributed by atoms with van der Waals surface area (Å²) in [6.45, 7) is 1.57. The van der Waals surface area contributed by atoms with Gasteiger partial charge >= 0.3 is 0 Å². The standard InChI is InChI=1S/C13H13F2N5O2/c1-6-9(10(16)21)20-11(18-6)8(2-3-17-20)12(22)19-7-4-13(14,15)5-7/h2-3,7H,4-5H2,1H3,(H2,16,21)(H,19,22). The number of aryl methyl sites for hydroxylation is 1. The van der Waals surface area contributed by atoms with Gasteiger partial charge in [-0.1, -0.05) is 0 Å². The second-order valence-corrected chi connectivity index (χ2v) is 5.32. The molecule has 0 unspecified atom stereocenters. The van der Waals surface area contributed by atoms with Crippen molar-refractivity contribution in [2.75, 3.05) is 0 Å². The predicted octanol–water partition coefficient (Wildman–Crippen LogP) is 0.664. The van der Waals surface area contributed by atoms with E-state index in [1.165, 1.54) is 16.8 Å². The topological polar surface area (TPSA) is 102 Å². The molecule has 7 nitrogen and oxygen atoms in total. The molecule has 0 aliphatic heterocycles. The van der Waals surface area contributed by atoms with Crippen LogP contribution >= 0.6 is 0 Å². The van der Waals surface area contributed by atoms with Gasteiger partial charge in [-0.25, -0.2) is 18.3 Å². The Kier molecular flexibility index (Phi) is 3.08. The van der Waals surface area contributed by atoms with E-state index in [0.717, 1.165) is 0 Å². The molecular weight excluding hydrogens is 296 g/mol. The molecule has 116 valence electrons. The summed E-state index contributed by atoms with van der Waals surface area (Å²) in [6.07, 6.45) is 0.574. The molecular formula is C13H13F2N5O2. The number of carbonyl (C=O) groups is 2. The highest BCUT2D eigenvalue weighted by Crippen LogP contribution is 2.37. The van der Waals surface area contributed by atoms with Gasteiger partial charge in [0.05, 0.1) is 11.3 Å². The molecule has 0 bridgehead atoms. The fourth-order valence-corrected chi connectivity index (χ4v) is 2.54. The number of aromatic nitrogens is 3. The molecule has 22 heavy (non-hydrogen) atoms. The predicted molar refractivity (Wildman–Crippen MR) is 71.7 cm³/mol. The van der Waals surface area contributed by atoms with Crippen LogP contribution in [0, 0.1) is 6.92 Å². The molecule has 2 aromatic rings. The van der Waals surface area contributed by atoms with E-state index >= 15 is 0 Å². The summed E-state index contributed by atoms with van der Waals surface area (Å²) in [5, 5.41) is 6.48. The Morgan fingerprint density at radius 1 is 1.45 bits per heavy atom. The van der Waals surface area contributed by atoms with Crippen molar-refractivity contribution in [3.63, 3.8) is 0 Å². The molecule has 0 saturated heterocycles. The number of nitrogens with two attached hydrogens (primary N) is 1. The molecule has 1 aliphatic rings. The number of halogens is 2. The Hall–Kier alpha value is -2.58. The van der Waals surface area contributed by atoms with Crippen molar-refractivity contribution in [1.82, 2.24) is 19.9 Å². The average molecular weight is 309 g/mol. The smallest absolute Gasteiger partial charge is 0.269 e. The van der Waals surface area contributed by atoms with E-state index in [-0.39, 0.29) is 29.7 Å². The second kappa shape index (κ2) is 4.72. The normalized spacial score (nSPS) is 17.2. The maximum Gasteiger partial charge on any atom is 0.269 e. The molecule has 3 rings (SSSR count). The van der Waals surface area contributed by atoms with Crippen LogP contribution in [0.1, 0.15) is 39.4 Å². The van der Waals surface area contributed by atoms with Gasteiger partial charge in [0.15, 0.2) is 11.3 Å². The van der Waals surface area contributed by atoms with E-state index < -0.39 is 23.8 Å². The number of nitrogens with one attached hydrogen (secondary N) is 1. The van der Waals surface area contributed by atoms with Crippen LogP contribution in [-0.2, 0) is 0 Å². The summed E-state index contributed by atoms with van der Waals surface area (Å²) >= 11 is 0. The van der Waals surface area contributed by atoms with Crippen LogP contribution in [0.25, 0.3) is 5.65 Å². The van der Waals surface area contributed by atoms with Crippen molar-refractivity contribution in [2.24, 2.45) is 5.73 Å². The van der Waals surface area contributed by atoms with Crippen molar-refractivity contribution in [3.05, 3.63) is 29.2 Å². The zero-order valence-electron chi connectivity index (χ0n) is 11.6. The number of amides is 2. The summed E-state index contributed by atoms with van der Waals surface area (Å²) in [6, 6.07) is 0.848. The van der Waals surface area contributed by atoms with E-state index in [4.69, 9.17) is 5.73 Å². The molecule has 1 saturated carbocycles. The lowest BCUT2D eigenvalue weighted by atomic mass is 9.88. The minimum absolute atomic E-state index is 0.0832. The SMILES string of the molecule is Cc1nc2c(C(=O)NC3CC(F)(F)C3)ccnn2c1C(N)=O. The number of alkyl halides is 2. The molecule has 0 spiro atoms. The van der Waals surface area contributed by atoms with Crippen LogP contribution in [0.5, 0.6) is 0 Å². The highest BCUT2D eigenvalue weighted by Gasteiger charge is 2.46. The van der Waals surface area contributed by atoms with Gasteiger partial charge in [-0.15, -0.1) is 0 Å². The van der Waals surface area contributed by atoms with Crippen LogP contribution in [0.3, 0.4) is 0 Å². The van der Waals surface area contributed by atoms with Gasteiger partial charge in [0.25, 0.3) is 17.7 Å². The Balaban J connectivity index is 1.93. The maximum atomic E-state index is 12.8. The van der Waals surface area contributed by atoms with Crippen molar-refractivity contribution in [3.8, 4) is 0 Å². The molecule has 9 heteroatoms. The van der Waals surface area contributed by atoms with Crippen molar-refractivity contribution >= 4 is 17.5 Å². The number of fused-ring (bicyclic) bond motifs is 1. The molecule has 1 fully saturated rings. The highest BCUT2D eigenvalue weighted by atomic mass is 19.3. The summed E-state index contributed by atoms with van der Waals surface area (Å²) in [5.74, 6) is -3.96. The monoisotopic (exact) mass is 309 g/mol. The molecule has 3 N–H and O–H groups in total. The Morgan fingerprint density at radius 2 is 2.14 bits per heavy atom. The Bertz CT molecular complexity index is 778. The maximum absolute atomic E-state index is 12.8. The van der Waals surface area contributed by atoms with E-state index in [2.05, 4.69) is 15.4 Å². The van der Waals surface area contributed by atoms with Gasteiger partial charge in [-0.3, -0.25) is 9.59 Å². The number of rotatable bonds is 3. The summed E-state index contributed by atoms with van der Waals surface area (Å²) in [5.41, 5.74) is 6.01. The van der Waals surface area contributed by atoms with Gasteiger partial charge in [-0.2, -0.15) is 5.10 Å². The number of carbonyl (C=O) groups excluding carboxylic acids is 2. The zero-order chi connectivity index (χ0) is 16.1. The Morgan fingerprint density at radius 3 is 2.73 bits per heavy atom. The van der Waals surface area contributed by atoms with Gasteiger partial charge in [0, 0.05) is 25.1 Å². The number of hydrogen-bond acceptors (Lipinski definition) is 4. The first-order valence-electron chi connectivity index (χ1n) is 6.61. The van der Waals surface area contributed by atoms with E-state index in [0.29, 0.717) is 5.69 Å². The number of hydrogen-bond donors (Lipinski definition) is 2. The fraction of sp³-hybridized carbons (Fsp3) is 0.385. The minimum atomic E-state index is -2.71. The lowest BCUT2D eigenvalue weighted by molar-refractivity contribution is -0.0901. The van der Waals surface area contributed by atoms with E-state index in [9.17, 15) is 18.4 Å². The third kappa shape index (κ3) is 2.28. The number of imidazole rings is 1. The van der Waals surface area contributed by atoms with Crippen molar-refractivity contribution in [1.29, 1.82) is 0 Å². The molecule has 2 aromatic heterocycles. The molecule has 0 aromatic carbocycles. The minimum Gasteiger partial charge on any atom is -0.364 e. The molecule has 0 atom stereocenters. The third-order valence-electron chi connectivity index (χ3n) is 3.60. The van der Waals surface area contributed by atoms with Crippen LogP contribution in [-0.4, -0.2) is 38.4 Å². The lowest BCUT2D eigenvalue weighted by Crippen LogP contribution is -2.50. The third-order valence-corrected chi connectivity index (χ3v) is 3.60. The van der Waals surface area contributed by atoms with E-state index in [1.54, 1.807) is 6.92 Å². The van der Waals surface area contributed by atoms with Crippen molar-refractivity contribution < 1.29 is 18.4 Å². The summed E-state index contributed by atoms with van der Waals surface area (Å²) in [7, 11) is 0. The quantitative estimate of drug-likeness (QED) is 0.869. The van der Waals surface area contributed by atoms with Crippen LogP contribution in [0.4, 0.5) is 8.78 Å². The molecule has 2 heterocycles. The van der Waals surface area contributed by atoms with Gasteiger partial charge in [0.1, 0.15) is 0 Å². The average Bonchev–Trinajstić information content (AvgIpc) is 2.71. The van der Waals surface area contributed by atoms with Gasteiger partial charge < -0.3 is 11.1 Å². The lowest BCUT2D eigenvalue weighted by Gasteiger charge is -2.35.